The lowest BCUT2D eigenvalue weighted by atomic mass is 10.2. The second-order valence-electron chi connectivity index (χ2n) is 2.94. The van der Waals surface area contributed by atoms with Crippen LogP contribution in [0, 0.1) is 0 Å². The van der Waals surface area contributed by atoms with Gasteiger partial charge in [0.15, 0.2) is 0 Å². The SMILES string of the molecule is CCC/C=C(C)/C=C/COC(C)=O. The second-order valence-corrected chi connectivity index (χ2v) is 2.94. The van der Waals surface area contributed by atoms with Crippen molar-refractivity contribution in [1.29, 1.82) is 0 Å². The zero-order chi connectivity index (χ0) is 10.1. The van der Waals surface area contributed by atoms with E-state index >= 15 is 0 Å². The Kier molecular flexibility index (Phi) is 6.98. The molecule has 0 aromatic rings. The Bertz CT molecular complexity index is 202. The van der Waals surface area contributed by atoms with Crippen molar-refractivity contribution in [3.63, 3.8) is 0 Å². The van der Waals surface area contributed by atoms with Crippen LogP contribution in [0.15, 0.2) is 23.8 Å². The quantitative estimate of drug-likeness (QED) is 0.482. The van der Waals surface area contributed by atoms with Gasteiger partial charge in [-0.25, -0.2) is 0 Å². The Morgan fingerprint density at radius 3 is 2.62 bits per heavy atom. The number of rotatable bonds is 5. The molecule has 0 aliphatic heterocycles. The van der Waals surface area contributed by atoms with E-state index in [4.69, 9.17) is 4.74 Å². The first-order valence-electron chi connectivity index (χ1n) is 4.63. The summed E-state index contributed by atoms with van der Waals surface area (Å²) < 4.78 is 4.74. The van der Waals surface area contributed by atoms with Crippen LogP contribution in [-0.2, 0) is 9.53 Å². The molecular weight excluding hydrogens is 164 g/mol. The van der Waals surface area contributed by atoms with E-state index in [0.29, 0.717) is 6.61 Å². The zero-order valence-electron chi connectivity index (χ0n) is 8.67. The Balaban J connectivity index is 3.64. The largest absolute Gasteiger partial charge is 0.462 e. The fourth-order valence-electron chi connectivity index (χ4n) is 0.840. The third-order valence-electron chi connectivity index (χ3n) is 1.52. The van der Waals surface area contributed by atoms with Gasteiger partial charge in [-0.05, 0) is 19.4 Å². The molecule has 0 N–H and O–H groups in total. The van der Waals surface area contributed by atoms with Crippen LogP contribution in [0.25, 0.3) is 0 Å². The first-order chi connectivity index (χ1) is 6.16. The molecule has 2 nitrogen and oxygen atoms in total. The van der Waals surface area contributed by atoms with Crippen molar-refractivity contribution in [3.8, 4) is 0 Å². The lowest BCUT2D eigenvalue weighted by molar-refractivity contribution is -0.139. The van der Waals surface area contributed by atoms with Gasteiger partial charge in [0.2, 0.25) is 0 Å². The third kappa shape index (κ3) is 8.86. The van der Waals surface area contributed by atoms with Crippen LogP contribution in [-0.4, -0.2) is 12.6 Å². The van der Waals surface area contributed by atoms with Crippen molar-refractivity contribution >= 4 is 5.97 Å². The number of hydrogen-bond donors (Lipinski definition) is 0. The molecule has 0 fully saturated rings. The van der Waals surface area contributed by atoms with Crippen LogP contribution in [0.3, 0.4) is 0 Å². The molecule has 74 valence electrons. The molecule has 0 saturated heterocycles. The van der Waals surface area contributed by atoms with Gasteiger partial charge in [0, 0.05) is 6.92 Å². The summed E-state index contributed by atoms with van der Waals surface area (Å²) >= 11 is 0. The fraction of sp³-hybridized carbons (Fsp3) is 0.545. The maximum Gasteiger partial charge on any atom is 0.302 e. The number of unbranched alkanes of at least 4 members (excludes halogenated alkanes) is 1. The van der Waals surface area contributed by atoms with Crippen molar-refractivity contribution in [2.24, 2.45) is 0 Å². The summed E-state index contributed by atoms with van der Waals surface area (Å²) in [4.78, 5) is 10.4. The van der Waals surface area contributed by atoms with E-state index in [2.05, 4.69) is 13.0 Å². The van der Waals surface area contributed by atoms with Gasteiger partial charge >= 0.3 is 5.97 Å². The first kappa shape index (κ1) is 11.9. The number of esters is 1. The smallest absolute Gasteiger partial charge is 0.302 e. The molecule has 0 rings (SSSR count). The van der Waals surface area contributed by atoms with E-state index in [1.807, 2.05) is 19.1 Å². The standard InChI is InChI=1S/C11H18O2/c1-4-5-7-10(2)8-6-9-13-11(3)12/h6-8H,4-5,9H2,1-3H3/b8-6+,10-7+. The highest BCUT2D eigenvalue weighted by atomic mass is 16.5. The van der Waals surface area contributed by atoms with Crippen LogP contribution in [0.1, 0.15) is 33.6 Å². The number of ether oxygens (including phenoxy) is 1. The van der Waals surface area contributed by atoms with Crippen molar-refractivity contribution in [2.75, 3.05) is 6.61 Å². The molecule has 0 heterocycles. The Morgan fingerprint density at radius 2 is 2.08 bits per heavy atom. The highest BCUT2D eigenvalue weighted by Gasteiger charge is 1.86. The Morgan fingerprint density at radius 1 is 1.38 bits per heavy atom. The molecule has 0 aliphatic rings. The van der Waals surface area contributed by atoms with E-state index in [0.717, 1.165) is 12.8 Å². The molecular formula is C11H18O2. The molecule has 0 unspecified atom stereocenters. The van der Waals surface area contributed by atoms with Gasteiger partial charge in [0.25, 0.3) is 0 Å². The average Bonchev–Trinajstić information content (AvgIpc) is 2.08. The van der Waals surface area contributed by atoms with E-state index in [9.17, 15) is 4.79 Å². The van der Waals surface area contributed by atoms with Crippen LogP contribution >= 0.6 is 0 Å². The van der Waals surface area contributed by atoms with E-state index in [1.165, 1.54) is 12.5 Å². The maximum atomic E-state index is 10.4. The third-order valence-corrected chi connectivity index (χ3v) is 1.52. The molecule has 13 heavy (non-hydrogen) atoms. The van der Waals surface area contributed by atoms with E-state index in [-0.39, 0.29) is 5.97 Å². The summed E-state index contributed by atoms with van der Waals surface area (Å²) in [7, 11) is 0. The second kappa shape index (κ2) is 7.59. The van der Waals surface area contributed by atoms with Crippen LogP contribution in [0.4, 0.5) is 0 Å². The first-order valence-corrected chi connectivity index (χ1v) is 4.63. The summed E-state index contributed by atoms with van der Waals surface area (Å²) in [5.41, 5.74) is 1.22. The van der Waals surface area contributed by atoms with Crippen LogP contribution in [0.2, 0.25) is 0 Å². The molecule has 0 bridgehead atoms. The van der Waals surface area contributed by atoms with Gasteiger partial charge in [-0.1, -0.05) is 31.1 Å². The highest BCUT2D eigenvalue weighted by molar-refractivity contribution is 5.66. The van der Waals surface area contributed by atoms with Gasteiger partial charge in [0.1, 0.15) is 6.61 Å². The Hall–Kier alpha value is -1.05. The molecule has 0 aromatic heterocycles. The van der Waals surface area contributed by atoms with Gasteiger partial charge < -0.3 is 4.74 Å². The molecule has 0 amide bonds. The van der Waals surface area contributed by atoms with Crippen molar-refractivity contribution < 1.29 is 9.53 Å². The molecule has 0 aliphatic carbocycles. The average molecular weight is 182 g/mol. The zero-order valence-corrected chi connectivity index (χ0v) is 8.67. The van der Waals surface area contributed by atoms with E-state index < -0.39 is 0 Å². The van der Waals surface area contributed by atoms with Gasteiger partial charge in [-0.3, -0.25) is 4.79 Å². The number of allylic oxidation sites excluding steroid dienone is 3. The predicted octanol–water partition coefficient (Wildman–Crippen LogP) is 2.85. The number of carbonyl (C=O) groups excluding carboxylic acids is 1. The normalized spacial score (nSPS) is 12.1. The Labute approximate surface area is 80.3 Å². The molecule has 0 atom stereocenters. The lowest BCUT2D eigenvalue weighted by Gasteiger charge is -1.95. The van der Waals surface area contributed by atoms with Gasteiger partial charge in [-0.15, -0.1) is 0 Å². The summed E-state index contributed by atoms with van der Waals surface area (Å²) in [5.74, 6) is -0.236. The van der Waals surface area contributed by atoms with Crippen molar-refractivity contribution in [1.82, 2.24) is 0 Å². The molecule has 0 aromatic carbocycles. The molecule has 0 spiro atoms. The molecule has 0 saturated carbocycles. The number of hydrogen-bond acceptors (Lipinski definition) is 2. The minimum absolute atomic E-state index is 0.236. The van der Waals surface area contributed by atoms with Gasteiger partial charge in [0.05, 0.1) is 0 Å². The molecule has 0 radical (unpaired) electrons. The predicted molar refractivity (Wildman–Crippen MR) is 54.4 cm³/mol. The lowest BCUT2D eigenvalue weighted by Crippen LogP contribution is -1.97. The summed E-state index contributed by atoms with van der Waals surface area (Å²) in [6.07, 6.45) is 8.25. The van der Waals surface area contributed by atoms with Crippen molar-refractivity contribution in [2.45, 2.75) is 33.6 Å². The van der Waals surface area contributed by atoms with E-state index in [1.54, 1.807) is 0 Å². The minimum Gasteiger partial charge on any atom is -0.462 e. The topological polar surface area (TPSA) is 26.3 Å². The van der Waals surface area contributed by atoms with Gasteiger partial charge in [-0.2, -0.15) is 0 Å². The maximum absolute atomic E-state index is 10.4. The fourth-order valence-corrected chi connectivity index (χ4v) is 0.840. The number of carbonyl (C=O) groups is 1. The summed E-state index contributed by atoms with van der Waals surface area (Å²) in [5, 5.41) is 0. The minimum atomic E-state index is -0.236. The van der Waals surface area contributed by atoms with Crippen LogP contribution in [0.5, 0.6) is 0 Å². The van der Waals surface area contributed by atoms with Crippen LogP contribution < -0.4 is 0 Å². The molecule has 2 heteroatoms. The van der Waals surface area contributed by atoms with Crippen molar-refractivity contribution in [3.05, 3.63) is 23.8 Å². The summed E-state index contributed by atoms with van der Waals surface area (Å²) in [6, 6.07) is 0. The highest BCUT2D eigenvalue weighted by Crippen LogP contribution is 1.99. The summed E-state index contributed by atoms with van der Waals surface area (Å²) in [6.45, 7) is 5.96. The monoisotopic (exact) mass is 182 g/mol.